The quantitative estimate of drug-likeness (QED) is 0.389. The highest BCUT2D eigenvalue weighted by Crippen LogP contribution is 2.27. The summed E-state index contributed by atoms with van der Waals surface area (Å²) >= 11 is 0. The summed E-state index contributed by atoms with van der Waals surface area (Å²) in [4.78, 5) is 48.2. The maximum atomic E-state index is 13.3. The molecular formula is C25H31F3N8O5. The predicted octanol–water partition coefficient (Wildman–Crippen LogP) is 3.32. The molecule has 2 N–H and O–H groups in total. The molecule has 0 radical (unpaired) electrons. The van der Waals surface area contributed by atoms with Gasteiger partial charge in [0.15, 0.2) is 11.4 Å². The average Bonchev–Trinajstić information content (AvgIpc) is 3.48. The molecule has 0 saturated carbocycles. The van der Waals surface area contributed by atoms with E-state index in [1.165, 1.54) is 43.9 Å². The van der Waals surface area contributed by atoms with Crippen LogP contribution < -0.4 is 15.5 Å². The molecule has 16 heteroatoms. The number of rotatable bonds is 9. The van der Waals surface area contributed by atoms with Gasteiger partial charge >= 0.3 is 12.3 Å². The lowest BCUT2D eigenvalue weighted by molar-refractivity contribution is -0.119. The molecule has 3 aromatic rings. The van der Waals surface area contributed by atoms with Crippen molar-refractivity contribution in [3.05, 3.63) is 42.2 Å². The standard InChI is InChI=1S/C25H31F3N8O5/c1-24(2,3)41-23(39)36(14-25(26,27)28)18-11-15(7-8-29-18)22-32-17(13-40-22)20(37)31-16-12-35(6)33-19(16)21(38)30-9-10-34(4)5/h7-8,11-13H,9-10,14H2,1-6H3,(H,30,38)(H,31,37). The largest absolute Gasteiger partial charge is 0.444 e. The van der Waals surface area contributed by atoms with Crippen molar-refractivity contribution in [3.8, 4) is 11.5 Å². The number of carbonyl (C=O) groups excluding carboxylic acids is 3. The molecule has 0 aliphatic carbocycles. The minimum absolute atomic E-state index is 0.00556. The van der Waals surface area contributed by atoms with Gasteiger partial charge < -0.3 is 24.7 Å². The second kappa shape index (κ2) is 12.4. The van der Waals surface area contributed by atoms with Crippen molar-refractivity contribution >= 4 is 29.4 Å². The number of halogens is 3. The van der Waals surface area contributed by atoms with E-state index in [2.05, 4.69) is 25.7 Å². The molecule has 0 atom stereocenters. The van der Waals surface area contributed by atoms with Crippen LogP contribution in [0, 0.1) is 0 Å². The van der Waals surface area contributed by atoms with Gasteiger partial charge in [0, 0.05) is 38.1 Å². The van der Waals surface area contributed by atoms with E-state index in [-0.39, 0.29) is 34.3 Å². The SMILES string of the molecule is CN(C)CCNC(=O)c1nn(C)cc1NC(=O)c1coc(-c2ccnc(N(CC(F)(F)F)C(=O)OC(C)(C)C)c2)n1. The normalized spacial score (nSPS) is 11.9. The van der Waals surface area contributed by atoms with Crippen molar-refractivity contribution in [3.63, 3.8) is 0 Å². The van der Waals surface area contributed by atoms with E-state index in [0.29, 0.717) is 18.0 Å². The van der Waals surface area contributed by atoms with Gasteiger partial charge in [0.1, 0.15) is 24.2 Å². The maximum Gasteiger partial charge on any atom is 0.416 e. The lowest BCUT2D eigenvalue weighted by Crippen LogP contribution is -2.42. The number of amides is 3. The Balaban J connectivity index is 1.80. The summed E-state index contributed by atoms with van der Waals surface area (Å²) in [5.74, 6) is -1.69. The first kappa shape index (κ1) is 31.1. The van der Waals surface area contributed by atoms with Crippen molar-refractivity contribution < 1.29 is 36.7 Å². The van der Waals surface area contributed by atoms with Gasteiger partial charge in [-0.1, -0.05) is 0 Å². The van der Waals surface area contributed by atoms with Crippen molar-refractivity contribution in [2.24, 2.45) is 7.05 Å². The number of pyridine rings is 1. The number of hydrogen-bond acceptors (Lipinski definition) is 9. The molecule has 0 saturated heterocycles. The second-order valence-electron chi connectivity index (χ2n) is 10.2. The van der Waals surface area contributed by atoms with Gasteiger partial charge in [-0.2, -0.15) is 18.3 Å². The maximum absolute atomic E-state index is 13.3. The van der Waals surface area contributed by atoms with Crippen LogP contribution in [0.5, 0.6) is 0 Å². The fraction of sp³-hybridized carbons (Fsp3) is 0.440. The Morgan fingerprint density at radius 2 is 1.85 bits per heavy atom. The molecule has 3 rings (SSSR count). The highest BCUT2D eigenvalue weighted by molar-refractivity contribution is 6.07. The number of ether oxygens (including phenoxy) is 1. The monoisotopic (exact) mass is 580 g/mol. The summed E-state index contributed by atoms with van der Waals surface area (Å²) in [7, 11) is 5.30. The zero-order valence-corrected chi connectivity index (χ0v) is 23.4. The van der Waals surface area contributed by atoms with Crippen LogP contribution in [0.25, 0.3) is 11.5 Å². The number of likely N-dealkylation sites (N-methyl/N-ethyl adjacent to an activating group) is 1. The summed E-state index contributed by atoms with van der Waals surface area (Å²) < 4.78 is 51.7. The van der Waals surface area contributed by atoms with E-state index in [4.69, 9.17) is 9.15 Å². The molecule has 3 aromatic heterocycles. The van der Waals surface area contributed by atoms with E-state index in [9.17, 15) is 27.6 Å². The fourth-order valence-corrected chi connectivity index (χ4v) is 3.36. The lowest BCUT2D eigenvalue weighted by atomic mass is 10.2. The van der Waals surface area contributed by atoms with Crippen molar-refractivity contribution in [1.29, 1.82) is 0 Å². The van der Waals surface area contributed by atoms with E-state index in [1.807, 2.05) is 19.0 Å². The zero-order chi connectivity index (χ0) is 30.5. The molecule has 0 spiro atoms. The van der Waals surface area contributed by atoms with Crippen LogP contribution in [0.2, 0.25) is 0 Å². The first-order valence-corrected chi connectivity index (χ1v) is 12.3. The Kier molecular flexibility index (Phi) is 9.37. The Morgan fingerprint density at radius 1 is 1.15 bits per heavy atom. The summed E-state index contributed by atoms with van der Waals surface area (Å²) in [6.45, 7) is 3.88. The molecule has 0 bridgehead atoms. The van der Waals surface area contributed by atoms with Crippen LogP contribution >= 0.6 is 0 Å². The van der Waals surface area contributed by atoms with Crippen LogP contribution in [0.4, 0.5) is 29.5 Å². The van der Waals surface area contributed by atoms with Crippen LogP contribution in [-0.4, -0.2) is 88.1 Å². The molecule has 0 aromatic carbocycles. The molecule has 222 valence electrons. The Labute approximate surface area is 233 Å². The fourth-order valence-electron chi connectivity index (χ4n) is 3.36. The summed E-state index contributed by atoms with van der Waals surface area (Å²) in [6.07, 6.45) is -2.33. The number of alkyl halides is 3. The third kappa shape index (κ3) is 9.02. The molecule has 3 heterocycles. The molecule has 41 heavy (non-hydrogen) atoms. The van der Waals surface area contributed by atoms with Crippen LogP contribution in [0.1, 0.15) is 41.7 Å². The van der Waals surface area contributed by atoms with Gasteiger partial charge in [-0.3, -0.25) is 19.2 Å². The van der Waals surface area contributed by atoms with Gasteiger partial charge in [-0.05, 0) is 47.0 Å². The molecule has 0 aliphatic heterocycles. The first-order chi connectivity index (χ1) is 19.0. The van der Waals surface area contributed by atoms with E-state index >= 15 is 0 Å². The summed E-state index contributed by atoms with van der Waals surface area (Å²) in [5.41, 5.74) is -0.956. The highest BCUT2D eigenvalue weighted by atomic mass is 19.4. The minimum atomic E-state index is -4.74. The van der Waals surface area contributed by atoms with Crippen molar-refractivity contribution in [2.75, 3.05) is 43.9 Å². The van der Waals surface area contributed by atoms with Gasteiger partial charge in [-0.25, -0.2) is 14.8 Å². The number of nitrogens with one attached hydrogen (secondary N) is 2. The second-order valence-corrected chi connectivity index (χ2v) is 10.2. The van der Waals surface area contributed by atoms with E-state index < -0.39 is 36.2 Å². The number of aromatic nitrogens is 4. The van der Waals surface area contributed by atoms with Crippen LogP contribution in [0.3, 0.4) is 0 Å². The van der Waals surface area contributed by atoms with Crippen LogP contribution in [0.15, 0.2) is 35.2 Å². The lowest BCUT2D eigenvalue weighted by Gasteiger charge is -2.27. The number of anilines is 2. The van der Waals surface area contributed by atoms with Gasteiger partial charge in [-0.15, -0.1) is 0 Å². The molecule has 3 amide bonds. The number of oxazole rings is 1. The topological polar surface area (TPSA) is 148 Å². The van der Waals surface area contributed by atoms with Gasteiger partial charge in [0.25, 0.3) is 11.8 Å². The Bertz CT molecular complexity index is 1390. The summed E-state index contributed by atoms with van der Waals surface area (Å²) in [6, 6.07) is 2.54. The molecule has 13 nitrogen and oxygen atoms in total. The number of carbonyl (C=O) groups is 3. The molecular weight excluding hydrogens is 549 g/mol. The van der Waals surface area contributed by atoms with Crippen molar-refractivity contribution in [1.82, 2.24) is 30.0 Å². The van der Waals surface area contributed by atoms with Gasteiger partial charge in [0.05, 0.1) is 5.69 Å². The van der Waals surface area contributed by atoms with E-state index in [0.717, 1.165) is 12.3 Å². The minimum Gasteiger partial charge on any atom is -0.444 e. The number of aryl methyl sites for hydroxylation is 1. The third-order valence-electron chi connectivity index (χ3n) is 5.09. The smallest absolute Gasteiger partial charge is 0.416 e. The summed E-state index contributed by atoms with van der Waals surface area (Å²) in [5, 5.41) is 9.38. The predicted molar refractivity (Wildman–Crippen MR) is 141 cm³/mol. The van der Waals surface area contributed by atoms with Gasteiger partial charge in [0.2, 0.25) is 5.89 Å². The Morgan fingerprint density at radius 3 is 2.49 bits per heavy atom. The molecule has 0 unspecified atom stereocenters. The molecule has 0 aliphatic rings. The Hall–Kier alpha value is -4.47. The highest BCUT2D eigenvalue weighted by Gasteiger charge is 2.36. The van der Waals surface area contributed by atoms with E-state index in [1.54, 1.807) is 7.05 Å². The number of nitrogens with zero attached hydrogens (tertiary/aromatic N) is 6. The third-order valence-corrected chi connectivity index (χ3v) is 5.09. The average molecular weight is 581 g/mol. The first-order valence-electron chi connectivity index (χ1n) is 12.3. The molecule has 0 fully saturated rings. The number of hydrogen-bond donors (Lipinski definition) is 2. The zero-order valence-electron chi connectivity index (χ0n) is 23.4. The van der Waals surface area contributed by atoms with Crippen LogP contribution in [-0.2, 0) is 11.8 Å². The van der Waals surface area contributed by atoms with Crippen molar-refractivity contribution in [2.45, 2.75) is 32.5 Å².